The second-order valence-electron chi connectivity index (χ2n) is 9.47. The average Bonchev–Trinajstić information content (AvgIpc) is 3.49. The molecule has 0 bridgehead atoms. The van der Waals surface area contributed by atoms with Gasteiger partial charge in [0.05, 0.1) is 40.8 Å². The van der Waals surface area contributed by atoms with Crippen LogP contribution in [-0.4, -0.2) is 53.4 Å². The highest BCUT2D eigenvalue weighted by Crippen LogP contribution is 2.30. The zero-order valence-electron chi connectivity index (χ0n) is 21.6. The van der Waals surface area contributed by atoms with Gasteiger partial charge in [-0.3, -0.25) is 14.6 Å². The minimum atomic E-state index is -0.293. The van der Waals surface area contributed by atoms with E-state index in [9.17, 15) is 9.59 Å². The van der Waals surface area contributed by atoms with Crippen LogP contribution in [0.4, 0.5) is 0 Å². The first-order valence-corrected chi connectivity index (χ1v) is 12.9. The van der Waals surface area contributed by atoms with Crippen LogP contribution in [0.5, 0.6) is 6.01 Å². The van der Waals surface area contributed by atoms with Crippen molar-refractivity contribution in [2.75, 3.05) is 6.54 Å². The van der Waals surface area contributed by atoms with Crippen LogP contribution in [0, 0.1) is 6.92 Å². The summed E-state index contributed by atoms with van der Waals surface area (Å²) < 4.78 is 0. The first-order valence-electron chi connectivity index (χ1n) is 12.5. The molecule has 1 N–H and O–H groups in total. The number of aryl methyl sites for hydroxylation is 1. The molecule has 5 aromatic rings. The fraction of sp³-hybridized carbons (Fsp3) is 0.179. The average molecular weight is 555 g/mol. The lowest BCUT2D eigenvalue weighted by atomic mass is 10.1. The summed E-state index contributed by atoms with van der Waals surface area (Å²) in [5.41, 5.74) is 5.21. The largest absolute Gasteiger partial charge is 0.348 e. The molecule has 11 nitrogen and oxygen atoms in total. The number of amides is 2. The number of fused-ring (bicyclic) bond motifs is 2. The summed E-state index contributed by atoms with van der Waals surface area (Å²) in [6.07, 6.45) is 2.98. The Bertz CT molecular complexity index is 1770. The normalized spacial score (nSPS) is 13.4. The fourth-order valence-electron chi connectivity index (χ4n) is 4.56. The monoisotopic (exact) mass is 554 g/mol. The number of hydrogen-bond donors (Lipinski definition) is 1. The van der Waals surface area contributed by atoms with Crippen molar-refractivity contribution in [2.45, 2.75) is 26.4 Å². The van der Waals surface area contributed by atoms with Gasteiger partial charge in [0.1, 0.15) is 17.6 Å². The SMILES string of the molecule is Cc1cccc(C(C)NC(=O)CN2Cc3ncc(-c4nc(On5nnc6ccccc65)ncc4Cl)cc3C2=O)c1. The number of rotatable bonds is 7. The number of hydrogen-bond acceptors (Lipinski definition) is 8. The van der Waals surface area contributed by atoms with Crippen LogP contribution in [0.3, 0.4) is 0 Å². The number of halogens is 1. The van der Waals surface area contributed by atoms with Crippen molar-refractivity contribution in [3.05, 3.63) is 94.4 Å². The Labute approximate surface area is 233 Å². The Morgan fingerprint density at radius 1 is 1.12 bits per heavy atom. The molecule has 0 aliphatic carbocycles. The van der Waals surface area contributed by atoms with E-state index >= 15 is 0 Å². The van der Waals surface area contributed by atoms with Crippen LogP contribution < -0.4 is 10.2 Å². The van der Waals surface area contributed by atoms with Crippen molar-refractivity contribution >= 4 is 34.4 Å². The molecule has 2 amide bonds. The predicted octanol–water partition coefficient (Wildman–Crippen LogP) is 3.92. The molecule has 40 heavy (non-hydrogen) atoms. The second kappa shape index (κ2) is 10.3. The van der Waals surface area contributed by atoms with E-state index in [2.05, 4.69) is 30.6 Å². The smallest absolute Gasteiger partial charge is 0.346 e. The van der Waals surface area contributed by atoms with Gasteiger partial charge in [-0.05, 0) is 42.8 Å². The third-order valence-corrected chi connectivity index (χ3v) is 6.84. The molecular formula is C28H23ClN8O3. The second-order valence-corrected chi connectivity index (χ2v) is 9.88. The predicted molar refractivity (Wildman–Crippen MR) is 146 cm³/mol. The molecule has 0 saturated carbocycles. The Morgan fingerprint density at radius 3 is 2.83 bits per heavy atom. The van der Waals surface area contributed by atoms with E-state index in [1.54, 1.807) is 24.4 Å². The van der Waals surface area contributed by atoms with E-state index in [1.807, 2.05) is 50.2 Å². The summed E-state index contributed by atoms with van der Waals surface area (Å²) in [6, 6.07) is 16.7. The Kier molecular flexibility index (Phi) is 6.56. The molecular weight excluding hydrogens is 532 g/mol. The highest BCUT2D eigenvalue weighted by atomic mass is 35.5. The molecule has 12 heteroatoms. The van der Waals surface area contributed by atoms with Crippen LogP contribution in [0.2, 0.25) is 5.02 Å². The Balaban J connectivity index is 1.18. The van der Waals surface area contributed by atoms with Gasteiger partial charge in [-0.1, -0.05) is 58.4 Å². The van der Waals surface area contributed by atoms with E-state index in [0.29, 0.717) is 33.5 Å². The Morgan fingerprint density at radius 2 is 1.98 bits per heavy atom. The number of carbonyl (C=O) groups is 2. The van der Waals surface area contributed by atoms with Crippen molar-refractivity contribution in [1.29, 1.82) is 0 Å². The minimum absolute atomic E-state index is 0.0112. The van der Waals surface area contributed by atoms with E-state index in [1.165, 1.54) is 15.9 Å². The fourth-order valence-corrected chi connectivity index (χ4v) is 4.76. The molecule has 3 aromatic heterocycles. The molecule has 1 atom stereocenters. The molecule has 1 aliphatic heterocycles. The maximum atomic E-state index is 13.2. The molecule has 0 fully saturated rings. The number of nitrogens with one attached hydrogen (secondary N) is 1. The van der Waals surface area contributed by atoms with Gasteiger partial charge in [-0.25, -0.2) is 4.98 Å². The standard InChI is InChI=1S/C28H23ClN8O3/c1-16-6-5-7-18(10-16)17(2)32-25(38)15-36-14-23-20(27(36)39)11-19(12-30-23)26-21(29)13-31-28(33-26)40-37-24-9-4-3-8-22(24)34-35-37/h3-13,17H,14-15H2,1-2H3,(H,32,38). The summed E-state index contributed by atoms with van der Waals surface area (Å²) in [6.45, 7) is 4.06. The van der Waals surface area contributed by atoms with Crippen LogP contribution in [0.15, 0.2) is 67.0 Å². The highest BCUT2D eigenvalue weighted by molar-refractivity contribution is 6.32. The molecule has 0 saturated heterocycles. The number of pyridine rings is 1. The van der Waals surface area contributed by atoms with E-state index in [0.717, 1.165) is 11.1 Å². The molecule has 1 aliphatic rings. The van der Waals surface area contributed by atoms with Crippen molar-refractivity contribution in [3.63, 3.8) is 0 Å². The number of aromatic nitrogens is 6. The van der Waals surface area contributed by atoms with Crippen LogP contribution >= 0.6 is 11.6 Å². The molecule has 4 heterocycles. The minimum Gasteiger partial charge on any atom is -0.348 e. The summed E-state index contributed by atoms with van der Waals surface area (Å²) in [5, 5.41) is 11.2. The summed E-state index contributed by atoms with van der Waals surface area (Å²) in [7, 11) is 0. The zero-order chi connectivity index (χ0) is 27.8. The molecule has 2 aromatic carbocycles. The maximum Gasteiger partial charge on any atom is 0.346 e. The highest BCUT2D eigenvalue weighted by Gasteiger charge is 2.31. The first kappa shape index (κ1) is 25.4. The summed E-state index contributed by atoms with van der Waals surface area (Å²) >= 11 is 6.41. The van der Waals surface area contributed by atoms with Crippen molar-refractivity contribution in [3.8, 4) is 17.3 Å². The molecule has 0 radical (unpaired) electrons. The van der Waals surface area contributed by atoms with Gasteiger partial charge in [0.2, 0.25) is 5.91 Å². The number of para-hydroxylation sites is 1. The van der Waals surface area contributed by atoms with Gasteiger partial charge in [-0.2, -0.15) is 4.98 Å². The summed E-state index contributed by atoms with van der Waals surface area (Å²) in [4.78, 5) is 47.4. The third kappa shape index (κ3) is 4.94. The molecule has 6 rings (SSSR count). The topological polar surface area (TPSA) is 128 Å². The summed E-state index contributed by atoms with van der Waals surface area (Å²) in [5.74, 6) is -0.546. The van der Waals surface area contributed by atoms with Crippen LogP contribution in [0.1, 0.15) is 40.1 Å². The molecule has 200 valence electrons. The van der Waals surface area contributed by atoms with Gasteiger partial charge in [0.15, 0.2) is 0 Å². The number of nitrogens with zero attached hydrogens (tertiary/aromatic N) is 7. The van der Waals surface area contributed by atoms with E-state index in [4.69, 9.17) is 16.4 Å². The molecule has 0 spiro atoms. The van der Waals surface area contributed by atoms with Gasteiger partial charge < -0.3 is 15.1 Å². The van der Waals surface area contributed by atoms with Gasteiger partial charge in [0.25, 0.3) is 5.91 Å². The zero-order valence-corrected chi connectivity index (χ0v) is 22.3. The van der Waals surface area contributed by atoms with E-state index < -0.39 is 0 Å². The lowest BCUT2D eigenvalue weighted by Crippen LogP contribution is -2.38. The van der Waals surface area contributed by atoms with Crippen molar-refractivity contribution in [1.82, 2.24) is 40.3 Å². The lowest BCUT2D eigenvalue weighted by molar-refractivity contribution is -0.122. The first-order chi connectivity index (χ1) is 19.4. The molecule has 1 unspecified atom stereocenters. The maximum absolute atomic E-state index is 13.2. The Hall–Kier alpha value is -4.90. The van der Waals surface area contributed by atoms with Gasteiger partial charge in [-0.15, -0.1) is 5.10 Å². The van der Waals surface area contributed by atoms with Crippen LogP contribution in [0.25, 0.3) is 22.3 Å². The van der Waals surface area contributed by atoms with Gasteiger partial charge in [0, 0.05) is 11.8 Å². The quantitative estimate of drug-likeness (QED) is 0.320. The number of benzene rings is 2. The van der Waals surface area contributed by atoms with Crippen LogP contribution in [-0.2, 0) is 11.3 Å². The third-order valence-electron chi connectivity index (χ3n) is 6.57. The van der Waals surface area contributed by atoms with Crippen molar-refractivity contribution < 1.29 is 14.4 Å². The number of carbonyl (C=O) groups excluding carboxylic acids is 2. The van der Waals surface area contributed by atoms with Gasteiger partial charge >= 0.3 is 6.01 Å². The van der Waals surface area contributed by atoms with Crippen molar-refractivity contribution in [2.24, 2.45) is 0 Å². The van der Waals surface area contributed by atoms with E-state index in [-0.39, 0.29) is 42.0 Å². The lowest BCUT2D eigenvalue weighted by Gasteiger charge is -2.19.